The number of carbonyl (C=O) groups is 2. The molecule has 29 heavy (non-hydrogen) atoms. The fourth-order valence-electron chi connectivity index (χ4n) is 4.39. The van der Waals surface area contributed by atoms with E-state index < -0.39 is 0 Å². The topological polar surface area (TPSA) is 48.8 Å². The standard InChI is InChI=1S/C23H30N4O2/c1-2-25-13-9-20-21(28)10-14-27(23(29)22(20)25)12-6-11-24-15-17-26(18-16-24)19-7-4-3-5-8-19/h3-5,7-9,13H,2,6,10-12,14-18H2,1H3. The van der Waals surface area contributed by atoms with Gasteiger partial charge < -0.3 is 14.4 Å². The molecule has 2 aromatic rings. The molecule has 0 aliphatic carbocycles. The zero-order valence-electron chi connectivity index (χ0n) is 17.2. The number of fused-ring (bicyclic) bond motifs is 1. The Morgan fingerprint density at radius 2 is 1.66 bits per heavy atom. The first kappa shape index (κ1) is 19.7. The van der Waals surface area contributed by atoms with E-state index in [-0.39, 0.29) is 11.7 Å². The van der Waals surface area contributed by atoms with Crippen molar-refractivity contribution in [2.45, 2.75) is 26.3 Å². The second-order valence-electron chi connectivity index (χ2n) is 7.85. The van der Waals surface area contributed by atoms with Crippen LogP contribution in [0.1, 0.15) is 40.6 Å². The molecule has 0 spiro atoms. The summed E-state index contributed by atoms with van der Waals surface area (Å²) in [7, 11) is 0. The molecule has 6 heteroatoms. The third kappa shape index (κ3) is 4.22. The number of para-hydroxylation sites is 1. The number of benzene rings is 1. The first-order chi connectivity index (χ1) is 14.2. The van der Waals surface area contributed by atoms with Crippen molar-refractivity contribution in [1.29, 1.82) is 0 Å². The van der Waals surface area contributed by atoms with Crippen molar-refractivity contribution in [3.63, 3.8) is 0 Å². The SMILES string of the molecule is CCn1ccc2c1C(=O)N(CCCN1CCN(c3ccccc3)CC1)CCC2=O. The van der Waals surface area contributed by atoms with E-state index in [1.165, 1.54) is 5.69 Å². The van der Waals surface area contributed by atoms with Gasteiger partial charge >= 0.3 is 0 Å². The van der Waals surface area contributed by atoms with Gasteiger partial charge in [0.1, 0.15) is 5.69 Å². The molecular weight excluding hydrogens is 364 g/mol. The molecular formula is C23H30N4O2. The maximum Gasteiger partial charge on any atom is 0.271 e. The van der Waals surface area contributed by atoms with E-state index in [1.807, 2.05) is 22.6 Å². The lowest BCUT2D eigenvalue weighted by Gasteiger charge is -2.36. The Balaban J connectivity index is 1.29. The third-order valence-electron chi connectivity index (χ3n) is 6.10. The molecule has 2 aliphatic heterocycles. The summed E-state index contributed by atoms with van der Waals surface area (Å²) in [6.45, 7) is 9.09. The lowest BCUT2D eigenvalue weighted by atomic mass is 10.1. The van der Waals surface area contributed by atoms with Gasteiger partial charge in [0.05, 0.1) is 0 Å². The minimum atomic E-state index is 0.00611. The Labute approximate surface area is 172 Å². The highest BCUT2D eigenvalue weighted by Crippen LogP contribution is 2.21. The van der Waals surface area contributed by atoms with E-state index in [1.54, 1.807) is 6.07 Å². The number of amides is 1. The second-order valence-corrected chi connectivity index (χ2v) is 7.85. The van der Waals surface area contributed by atoms with E-state index in [0.717, 1.165) is 39.1 Å². The van der Waals surface area contributed by atoms with E-state index in [4.69, 9.17) is 0 Å². The largest absolute Gasteiger partial charge is 0.369 e. The number of rotatable bonds is 6. The Kier molecular flexibility index (Phi) is 6.00. The molecule has 1 fully saturated rings. The quantitative estimate of drug-likeness (QED) is 0.756. The van der Waals surface area contributed by atoms with Crippen LogP contribution in [0.5, 0.6) is 0 Å². The Bertz CT molecular complexity index is 853. The van der Waals surface area contributed by atoms with Crippen LogP contribution in [0.4, 0.5) is 5.69 Å². The van der Waals surface area contributed by atoms with Gasteiger partial charge in [-0.3, -0.25) is 14.5 Å². The predicted molar refractivity (Wildman–Crippen MR) is 115 cm³/mol. The Morgan fingerprint density at radius 3 is 2.38 bits per heavy atom. The fraction of sp³-hybridized carbons (Fsp3) is 0.478. The minimum absolute atomic E-state index is 0.00611. The maximum atomic E-state index is 13.0. The number of aromatic nitrogens is 1. The smallest absolute Gasteiger partial charge is 0.271 e. The van der Waals surface area contributed by atoms with Crippen LogP contribution in [-0.4, -0.2) is 71.9 Å². The number of hydrogen-bond acceptors (Lipinski definition) is 4. The molecule has 0 N–H and O–H groups in total. The van der Waals surface area contributed by atoms with Crippen molar-refractivity contribution in [3.05, 3.63) is 53.9 Å². The summed E-state index contributed by atoms with van der Waals surface area (Å²) in [6, 6.07) is 12.4. The lowest BCUT2D eigenvalue weighted by molar-refractivity contribution is 0.0740. The number of ketones is 1. The zero-order chi connectivity index (χ0) is 20.2. The van der Waals surface area contributed by atoms with Crippen molar-refractivity contribution in [2.75, 3.05) is 50.7 Å². The number of aryl methyl sites for hydroxylation is 1. The molecule has 6 nitrogen and oxygen atoms in total. The molecule has 0 unspecified atom stereocenters. The zero-order valence-corrected chi connectivity index (χ0v) is 17.2. The number of anilines is 1. The molecule has 1 saturated heterocycles. The molecule has 1 aromatic heterocycles. The minimum Gasteiger partial charge on any atom is -0.369 e. The molecule has 154 valence electrons. The third-order valence-corrected chi connectivity index (χ3v) is 6.10. The maximum absolute atomic E-state index is 13.0. The van der Waals surface area contributed by atoms with Gasteiger partial charge in [-0.15, -0.1) is 0 Å². The van der Waals surface area contributed by atoms with Crippen molar-refractivity contribution in [1.82, 2.24) is 14.4 Å². The molecule has 1 amide bonds. The van der Waals surface area contributed by atoms with Gasteiger partial charge in [-0.25, -0.2) is 0 Å². The second kappa shape index (κ2) is 8.82. The van der Waals surface area contributed by atoms with Crippen molar-refractivity contribution < 1.29 is 9.59 Å². The highest BCUT2D eigenvalue weighted by Gasteiger charge is 2.29. The van der Waals surface area contributed by atoms with Crippen LogP contribution in [0, 0.1) is 0 Å². The first-order valence-electron chi connectivity index (χ1n) is 10.7. The van der Waals surface area contributed by atoms with Gasteiger partial charge in [-0.2, -0.15) is 0 Å². The monoisotopic (exact) mass is 394 g/mol. The van der Waals surface area contributed by atoms with Crippen LogP contribution >= 0.6 is 0 Å². The highest BCUT2D eigenvalue weighted by atomic mass is 16.2. The van der Waals surface area contributed by atoms with Gasteiger partial charge in [0.15, 0.2) is 5.78 Å². The average Bonchev–Trinajstić information content (AvgIpc) is 3.16. The Hall–Kier alpha value is -2.60. The number of nitrogens with zero attached hydrogens (tertiary/aromatic N) is 4. The molecule has 4 rings (SSSR count). The van der Waals surface area contributed by atoms with Gasteiger partial charge in [0.2, 0.25) is 0 Å². The van der Waals surface area contributed by atoms with Gasteiger partial charge in [-0.05, 0) is 38.1 Å². The predicted octanol–water partition coefficient (Wildman–Crippen LogP) is 2.75. The van der Waals surface area contributed by atoms with Crippen molar-refractivity contribution >= 4 is 17.4 Å². The highest BCUT2D eigenvalue weighted by molar-refractivity contribution is 6.09. The Morgan fingerprint density at radius 1 is 0.897 bits per heavy atom. The van der Waals surface area contributed by atoms with Crippen LogP contribution in [0.2, 0.25) is 0 Å². The average molecular weight is 395 g/mol. The fourth-order valence-corrected chi connectivity index (χ4v) is 4.39. The summed E-state index contributed by atoms with van der Waals surface area (Å²) < 4.78 is 1.90. The normalized spacial score (nSPS) is 18.1. The molecule has 1 aromatic carbocycles. The van der Waals surface area contributed by atoms with Gasteiger partial charge in [0.25, 0.3) is 5.91 Å². The van der Waals surface area contributed by atoms with Crippen LogP contribution < -0.4 is 4.90 Å². The number of carbonyl (C=O) groups excluding carboxylic acids is 2. The lowest BCUT2D eigenvalue weighted by Crippen LogP contribution is -2.47. The molecule has 0 atom stereocenters. The summed E-state index contributed by atoms with van der Waals surface area (Å²) in [6.07, 6.45) is 3.21. The first-order valence-corrected chi connectivity index (χ1v) is 10.7. The summed E-state index contributed by atoms with van der Waals surface area (Å²) in [5.41, 5.74) is 2.46. The van der Waals surface area contributed by atoms with E-state index in [9.17, 15) is 9.59 Å². The van der Waals surface area contributed by atoms with Crippen LogP contribution in [0.15, 0.2) is 42.6 Å². The van der Waals surface area contributed by atoms with Gasteiger partial charge in [0, 0.05) is 69.7 Å². The van der Waals surface area contributed by atoms with Crippen LogP contribution in [0.3, 0.4) is 0 Å². The van der Waals surface area contributed by atoms with E-state index >= 15 is 0 Å². The number of hydrogen-bond donors (Lipinski definition) is 0. The number of Topliss-reactive ketones (excluding diaryl/α,β-unsaturated/α-hetero) is 1. The molecule has 3 heterocycles. The molecule has 2 aliphatic rings. The summed E-state index contributed by atoms with van der Waals surface area (Å²) in [5.74, 6) is 0.0895. The summed E-state index contributed by atoms with van der Waals surface area (Å²) in [5, 5.41) is 0. The number of piperazine rings is 1. The van der Waals surface area contributed by atoms with Crippen molar-refractivity contribution in [2.24, 2.45) is 0 Å². The van der Waals surface area contributed by atoms with E-state index in [2.05, 4.69) is 40.1 Å². The summed E-state index contributed by atoms with van der Waals surface area (Å²) in [4.78, 5) is 32.2. The molecule has 0 radical (unpaired) electrons. The van der Waals surface area contributed by atoms with Crippen LogP contribution in [-0.2, 0) is 6.54 Å². The van der Waals surface area contributed by atoms with Crippen LogP contribution in [0.25, 0.3) is 0 Å². The summed E-state index contributed by atoms with van der Waals surface area (Å²) >= 11 is 0. The molecule has 0 saturated carbocycles. The van der Waals surface area contributed by atoms with Gasteiger partial charge in [-0.1, -0.05) is 18.2 Å². The van der Waals surface area contributed by atoms with E-state index in [0.29, 0.717) is 37.3 Å². The van der Waals surface area contributed by atoms with Crippen molar-refractivity contribution in [3.8, 4) is 0 Å². The molecule has 0 bridgehead atoms.